The number of rotatable bonds is 1. The maximum atomic E-state index is 12.0. The van der Waals surface area contributed by atoms with Crippen LogP contribution < -0.4 is 10.2 Å². The van der Waals surface area contributed by atoms with Crippen LogP contribution in [-0.4, -0.2) is 43.4 Å². The molecule has 0 unspecified atom stereocenters. The number of carbonyl (C=O) groups is 1. The highest BCUT2D eigenvalue weighted by Gasteiger charge is 2.37. The number of ether oxygens (including phenoxy) is 1. The van der Waals surface area contributed by atoms with E-state index in [-0.39, 0.29) is 6.09 Å². The number of nitrogens with zero attached hydrogens (tertiary/aromatic N) is 2. The van der Waals surface area contributed by atoms with Crippen molar-refractivity contribution in [3.05, 3.63) is 23.8 Å². The summed E-state index contributed by atoms with van der Waals surface area (Å²) in [6.07, 6.45) is -0.210. The van der Waals surface area contributed by atoms with Crippen LogP contribution in [0.4, 0.5) is 16.2 Å². The normalized spacial score (nSPS) is 18.1. The van der Waals surface area contributed by atoms with E-state index in [1.807, 2.05) is 20.8 Å². The first-order valence-electron chi connectivity index (χ1n) is 7.41. The van der Waals surface area contributed by atoms with Gasteiger partial charge in [-0.25, -0.2) is 4.79 Å². The molecule has 1 N–H and O–H groups in total. The van der Waals surface area contributed by atoms with Gasteiger partial charge in [-0.3, -0.25) is 0 Å². The molecular weight excluding hydrogens is 266 g/mol. The van der Waals surface area contributed by atoms with Gasteiger partial charge in [0.15, 0.2) is 0 Å². The number of hydrogen-bond acceptors (Lipinski definition) is 4. The van der Waals surface area contributed by atoms with E-state index in [4.69, 9.17) is 4.74 Å². The third-order valence-corrected chi connectivity index (χ3v) is 3.93. The van der Waals surface area contributed by atoms with E-state index in [1.165, 1.54) is 16.9 Å². The molecule has 0 radical (unpaired) electrons. The zero-order chi connectivity index (χ0) is 15.2. The zero-order valence-electron chi connectivity index (χ0n) is 13.1. The molecule has 1 aromatic rings. The maximum absolute atomic E-state index is 12.0. The molecule has 1 saturated heterocycles. The molecule has 0 saturated carbocycles. The van der Waals surface area contributed by atoms with Crippen molar-refractivity contribution in [3.63, 3.8) is 0 Å². The van der Waals surface area contributed by atoms with E-state index < -0.39 is 5.60 Å². The fourth-order valence-corrected chi connectivity index (χ4v) is 2.89. The number of para-hydroxylation sites is 1. The van der Waals surface area contributed by atoms with Gasteiger partial charge in [0.2, 0.25) is 0 Å². The third kappa shape index (κ3) is 2.64. The molecule has 1 aromatic carbocycles. The fourth-order valence-electron chi connectivity index (χ4n) is 2.89. The maximum Gasteiger partial charge on any atom is 0.410 e. The average molecular weight is 289 g/mol. The van der Waals surface area contributed by atoms with Crippen molar-refractivity contribution in [2.75, 3.05) is 37.0 Å². The van der Waals surface area contributed by atoms with Crippen LogP contribution in [-0.2, 0) is 4.74 Å². The van der Waals surface area contributed by atoms with Crippen LogP contribution in [0, 0.1) is 0 Å². The van der Waals surface area contributed by atoms with E-state index in [2.05, 4.69) is 35.5 Å². The van der Waals surface area contributed by atoms with Crippen LogP contribution in [0.3, 0.4) is 0 Å². The highest BCUT2D eigenvalue weighted by molar-refractivity contribution is 5.79. The Balaban J connectivity index is 1.68. The van der Waals surface area contributed by atoms with Gasteiger partial charge in [0.25, 0.3) is 0 Å². The first-order valence-corrected chi connectivity index (χ1v) is 7.41. The Morgan fingerprint density at radius 1 is 1.33 bits per heavy atom. The summed E-state index contributed by atoms with van der Waals surface area (Å²) < 4.78 is 5.40. The summed E-state index contributed by atoms with van der Waals surface area (Å²) in [7, 11) is 2.09. The number of hydrogen-bond donors (Lipinski definition) is 1. The van der Waals surface area contributed by atoms with Crippen LogP contribution in [0.15, 0.2) is 18.2 Å². The minimum Gasteiger partial charge on any atom is -0.444 e. The lowest BCUT2D eigenvalue weighted by Gasteiger charge is -2.40. The summed E-state index contributed by atoms with van der Waals surface area (Å²) in [5.41, 5.74) is 3.34. The van der Waals surface area contributed by atoms with Gasteiger partial charge in [-0.15, -0.1) is 0 Å². The SMILES string of the molecule is CN1CNc2cccc(C3CN(C(=O)OC(C)(C)C)C3)c21. The minimum atomic E-state index is -0.430. The second kappa shape index (κ2) is 4.83. The Morgan fingerprint density at radius 3 is 2.71 bits per heavy atom. The Labute approximate surface area is 125 Å². The molecule has 1 amide bonds. The number of nitrogens with one attached hydrogen (secondary N) is 1. The van der Waals surface area contributed by atoms with Gasteiger partial charge in [0, 0.05) is 26.1 Å². The molecule has 2 heterocycles. The highest BCUT2D eigenvalue weighted by atomic mass is 16.6. The second-order valence-electron chi connectivity index (χ2n) is 6.86. The average Bonchev–Trinajstić information content (AvgIpc) is 2.68. The van der Waals surface area contributed by atoms with Crippen LogP contribution in [0.2, 0.25) is 0 Å². The number of amides is 1. The molecule has 0 aliphatic carbocycles. The summed E-state index contributed by atoms with van der Waals surface area (Å²) in [6.45, 7) is 8.00. The Hall–Kier alpha value is -1.91. The van der Waals surface area contributed by atoms with Gasteiger partial charge in [-0.05, 0) is 32.4 Å². The zero-order valence-corrected chi connectivity index (χ0v) is 13.1. The molecule has 21 heavy (non-hydrogen) atoms. The first-order chi connectivity index (χ1) is 9.85. The van der Waals surface area contributed by atoms with Gasteiger partial charge in [0.05, 0.1) is 18.0 Å². The standard InChI is InChI=1S/C16H23N3O2/c1-16(2,3)21-15(20)19-8-11(9-19)12-6-5-7-13-14(12)18(4)10-17-13/h5-7,11,17H,8-10H2,1-4H3. The van der Waals surface area contributed by atoms with Crippen LogP contribution in [0.25, 0.3) is 0 Å². The van der Waals surface area contributed by atoms with E-state index in [9.17, 15) is 4.79 Å². The molecule has 5 nitrogen and oxygen atoms in total. The van der Waals surface area contributed by atoms with Gasteiger partial charge >= 0.3 is 6.09 Å². The second-order valence-corrected chi connectivity index (χ2v) is 6.86. The van der Waals surface area contributed by atoms with Crippen LogP contribution in [0.1, 0.15) is 32.3 Å². The van der Waals surface area contributed by atoms with Crippen molar-refractivity contribution in [3.8, 4) is 0 Å². The Bertz CT molecular complexity index is 559. The van der Waals surface area contributed by atoms with E-state index in [0.717, 1.165) is 19.8 Å². The Kier molecular flexibility index (Phi) is 3.23. The molecule has 2 aliphatic rings. The van der Waals surface area contributed by atoms with E-state index in [1.54, 1.807) is 4.90 Å². The summed E-state index contributed by atoms with van der Waals surface area (Å²) in [5.74, 6) is 0.398. The summed E-state index contributed by atoms with van der Waals surface area (Å²) in [4.78, 5) is 16.0. The largest absolute Gasteiger partial charge is 0.444 e. The molecule has 3 rings (SSSR count). The summed E-state index contributed by atoms with van der Waals surface area (Å²) in [6, 6.07) is 6.35. The van der Waals surface area contributed by atoms with Gasteiger partial charge < -0.3 is 19.9 Å². The number of fused-ring (bicyclic) bond motifs is 1. The van der Waals surface area contributed by atoms with E-state index in [0.29, 0.717) is 5.92 Å². The topological polar surface area (TPSA) is 44.8 Å². The summed E-state index contributed by atoms with van der Waals surface area (Å²) >= 11 is 0. The smallest absolute Gasteiger partial charge is 0.410 e. The van der Waals surface area contributed by atoms with Crippen molar-refractivity contribution >= 4 is 17.5 Å². The molecule has 0 bridgehead atoms. The predicted octanol–water partition coefficient (Wildman–Crippen LogP) is 2.84. The van der Waals surface area contributed by atoms with Gasteiger partial charge in [-0.1, -0.05) is 12.1 Å². The molecule has 0 spiro atoms. The van der Waals surface area contributed by atoms with Crippen molar-refractivity contribution in [2.45, 2.75) is 32.3 Å². The Morgan fingerprint density at radius 2 is 2.05 bits per heavy atom. The molecule has 5 heteroatoms. The summed E-state index contributed by atoms with van der Waals surface area (Å²) in [5, 5.41) is 3.38. The van der Waals surface area contributed by atoms with Crippen molar-refractivity contribution in [1.29, 1.82) is 0 Å². The molecule has 114 valence electrons. The number of benzene rings is 1. The lowest BCUT2D eigenvalue weighted by atomic mass is 9.90. The van der Waals surface area contributed by atoms with Crippen LogP contribution in [0.5, 0.6) is 0 Å². The lowest BCUT2D eigenvalue weighted by Crippen LogP contribution is -2.50. The lowest BCUT2D eigenvalue weighted by molar-refractivity contribution is 0.00824. The van der Waals surface area contributed by atoms with Crippen molar-refractivity contribution in [1.82, 2.24) is 4.90 Å². The van der Waals surface area contributed by atoms with Crippen molar-refractivity contribution in [2.24, 2.45) is 0 Å². The predicted molar refractivity (Wildman–Crippen MR) is 83.9 cm³/mol. The molecule has 2 aliphatic heterocycles. The monoisotopic (exact) mass is 289 g/mol. The van der Waals surface area contributed by atoms with E-state index >= 15 is 0 Å². The first kappa shape index (κ1) is 14.0. The molecule has 0 aromatic heterocycles. The number of anilines is 2. The third-order valence-electron chi connectivity index (χ3n) is 3.93. The molecule has 1 fully saturated rings. The molecule has 0 atom stereocenters. The number of likely N-dealkylation sites (tertiary alicyclic amines) is 1. The minimum absolute atomic E-state index is 0.210. The highest BCUT2D eigenvalue weighted by Crippen LogP contribution is 2.40. The quantitative estimate of drug-likeness (QED) is 0.863. The van der Waals surface area contributed by atoms with Crippen molar-refractivity contribution < 1.29 is 9.53 Å². The fraction of sp³-hybridized carbons (Fsp3) is 0.562. The van der Waals surface area contributed by atoms with Crippen LogP contribution >= 0.6 is 0 Å². The molecular formula is C16H23N3O2. The van der Waals surface area contributed by atoms with Gasteiger partial charge in [-0.2, -0.15) is 0 Å². The number of carbonyl (C=O) groups excluding carboxylic acids is 1. The van der Waals surface area contributed by atoms with Gasteiger partial charge in [0.1, 0.15) is 5.60 Å².